The van der Waals surface area contributed by atoms with Crippen molar-refractivity contribution >= 4 is 11.9 Å². The first kappa shape index (κ1) is 10.9. The fourth-order valence-electron chi connectivity index (χ4n) is 1.61. The summed E-state index contributed by atoms with van der Waals surface area (Å²) in [6.45, 7) is 1.39. The summed E-state index contributed by atoms with van der Waals surface area (Å²) >= 11 is 0. The molecule has 0 aromatic rings. The molecule has 1 unspecified atom stereocenters. The molecule has 6 nitrogen and oxygen atoms in total. The Morgan fingerprint density at radius 2 is 1.93 bits per heavy atom. The lowest BCUT2D eigenvalue weighted by atomic mass is 9.96. The fourth-order valence-corrected chi connectivity index (χ4v) is 1.61. The van der Waals surface area contributed by atoms with Gasteiger partial charge in [0.2, 0.25) is 5.91 Å². The number of piperidine rings is 1. The van der Waals surface area contributed by atoms with Crippen LogP contribution < -0.4 is 0 Å². The monoisotopic (exact) mass is 203 g/mol. The van der Waals surface area contributed by atoms with E-state index < -0.39 is 30.1 Å². The van der Waals surface area contributed by atoms with Crippen LogP contribution in [0.3, 0.4) is 0 Å². The fraction of sp³-hybridized carbons (Fsp3) is 0.750. The molecule has 1 rings (SSSR count). The predicted octanol–water partition coefficient (Wildman–Crippen LogP) is -1.59. The van der Waals surface area contributed by atoms with Gasteiger partial charge < -0.3 is 20.2 Å². The van der Waals surface area contributed by atoms with Crippen LogP contribution in [0, 0.1) is 0 Å². The highest BCUT2D eigenvalue weighted by Gasteiger charge is 2.41. The van der Waals surface area contributed by atoms with E-state index in [2.05, 4.69) is 0 Å². The summed E-state index contributed by atoms with van der Waals surface area (Å²) in [6.07, 6.45) is -2.29. The van der Waals surface area contributed by atoms with E-state index in [0.29, 0.717) is 0 Å². The van der Waals surface area contributed by atoms with Crippen molar-refractivity contribution < 1.29 is 24.9 Å². The molecular formula is C8H13NO5. The number of carboxylic acids is 1. The summed E-state index contributed by atoms with van der Waals surface area (Å²) in [7, 11) is 0. The summed E-state index contributed by atoms with van der Waals surface area (Å²) < 4.78 is 0. The Kier molecular flexibility index (Phi) is 3.07. The SMILES string of the molecule is CC(=O)N1CC[C@@H](O)[C@@H](O)C1C(=O)O. The van der Waals surface area contributed by atoms with Crippen molar-refractivity contribution in [3.63, 3.8) is 0 Å². The molecule has 80 valence electrons. The zero-order valence-electron chi connectivity index (χ0n) is 7.75. The van der Waals surface area contributed by atoms with Crippen molar-refractivity contribution in [2.24, 2.45) is 0 Å². The van der Waals surface area contributed by atoms with Crippen LogP contribution in [0.4, 0.5) is 0 Å². The average Bonchev–Trinajstić information content (AvgIpc) is 2.08. The molecule has 0 radical (unpaired) electrons. The van der Waals surface area contributed by atoms with Gasteiger partial charge in [-0.15, -0.1) is 0 Å². The van der Waals surface area contributed by atoms with Gasteiger partial charge >= 0.3 is 5.97 Å². The molecule has 1 heterocycles. The van der Waals surface area contributed by atoms with Crippen molar-refractivity contribution in [1.29, 1.82) is 0 Å². The van der Waals surface area contributed by atoms with Gasteiger partial charge in [0.25, 0.3) is 0 Å². The number of aliphatic carboxylic acids is 1. The van der Waals surface area contributed by atoms with Crippen LogP contribution in [-0.4, -0.2) is 56.9 Å². The summed E-state index contributed by atoms with van der Waals surface area (Å²) in [5.74, 6) is -1.71. The van der Waals surface area contributed by atoms with E-state index >= 15 is 0 Å². The van der Waals surface area contributed by atoms with Gasteiger partial charge in [-0.1, -0.05) is 0 Å². The van der Waals surface area contributed by atoms with Crippen molar-refractivity contribution in [3.05, 3.63) is 0 Å². The number of carboxylic acid groups (broad SMARTS) is 1. The molecule has 1 fully saturated rings. The van der Waals surface area contributed by atoms with Crippen LogP contribution in [0.5, 0.6) is 0 Å². The van der Waals surface area contributed by atoms with E-state index in [1.54, 1.807) is 0 Å². The highest BCUT2D eigenvalue weighted by molar-refractivity contribution is 5.83. The van der Waals surface area contributed by atoms with Crippen molar-refractivity contribution in [1.82, 2.24) is 4.90 Å². The number of amides is 1. The molecule has 0 aliphatic carbocycles. The van der Waals surface area contributed by atoms with Crippen molar-refractivity contribution in [2.45, 2.75) is 31.6 Å². The molecule has 3 N–H and O–H groups in total. The first-order valence-electron chi connectivity index (χ1n) is 4.31. The number of likely N-dealkylation sites (tertiary alicyclic amines) is 1. The number of aliphatic hydroxyl groups excluding tert-OH is 2. The average molecular weight is 203 g/mol. The van der Waals surface area contributed by atoms with E-state index in [-0.39, 0.29) is 13.0 Å². The minimum absolute atomic E-state index is 0.157. The van der Waals surface area contributed by atoms with Crippen LogP contribution in [-0.2, 0) is 9.59 Å². The maximum absolute atomic E-state index is 11.0. The molecular weight excluding hydrogens is 190 g/mol. The summed E-state index contributed by atoms with van der Waals surface area (Å²) in [5.41, 5.74) is 0. The lowest BCUT2D eigenvalue weighted by Crippen LogP contribution is -2.59. The molecule has 6 heteroatoms. The van der Waals surface area contributed by atoms with Gasteiger partial charge in [-0.2, -0.15) is 0 Å². The Bertz CT molecular complexity index is 254. The van der Waals surface area contributed by atoms with E-state index in [4.69, 9.17) is 5.11 Å². The molecule has 0 aromatic carbocycles. The molecule has 3 atom stereocenters. The molecule has 0 saturated carbocycles. The zero-order chi connectivity index (χ0) is 10.9. The minimum Gasteiger partial charge on any atom is -0.480 e. The number of rotatable bonds is 1. The predicted molar refractivity (Wildman–Crippen MR) is 45.4 cm³/mol. The van der Waals surface area contributed by atoms with Gasteiger partial charge in [-0.3, -0.25) is 4.79 Å². The quantitative estimate of drug-likeness (QED) is 0.477. The molecule has 0 aromatic heterocycles. The molecule has 0 bridgehead atoms. The van der Waals surface area contributed by atoms with Crippen LogP contribution in [0.25, 0.3) is 0 Å². The van der Waals surface area contributed by atoms with Crippen LogP contribution >= 0.6 is 0 Å². The Labute approximate surface area is 80.8 Å². The first-order valence-corrected chi connectivity index (χ1v) is 4.31. The Balaban J connectivity index is 2.87. The minimum atomic E-state index is -1.41. The second-order valence-electron chi connectivity index (χ2n) is 3.34. The second-order valence-corrected chi connectivity index (χ2v) is 3.34. The van der Waals surface area contributed by atoms with Crippen LogP contribution in [0.15, 0.2) is 0 Å². The molecule has 1 aliphatic rings. The number of nitrogens with zero attached hydrogens (tertiary/aromatic N) is 1. The number of hydrogen-bond acceptors (Lipinski definition) is 4. The van der Waals surface area contributed by atoms with E-state index in [1.807, 2.05) is 0 Å². The highest BCUT2D eigenvalue weighted by atomic mass is 16.4. The normalized spacial score (nSPS) is 32.8. The van der Waals surface area contributed by atoms with E-state index in [9.17, 15) is 19.8 Å². The first-order chi connectivity index (χ1) is 6.45. The Morgan fingerprint density at radius 1 is 1.36 bits per heavy atom. The Hall–Kier alpha value is -1.14. The smallest absolute Gasteiger partial charge is 0.329 e. The van der Waals surface area contributed by atoms with Gasteiger partial charge in [0.1, 0.15) is 6.10 Å². The third-order valence-electron chi connectivity index (χ3n) is 2.38. The van der Waals surface area contributed by atoms with Gasteiger partial charge in [0, 0.05) is 13.5 Å². The topological polar surface area (TPSA) is 98.1 Å². The van der Waals surface area contributed by atoms with Crippen molar-refractivity contribution in [2.75, 3.05) is 6.54 Å². The van der Waals surface area contributed by atoms with Gasteiger partial charge in [0.05, 0.1) is 6.10 Å². The van der Waals surface area contributed by atoms with Gasteiger partial charge in [-0.25, -0.2) is 4.79 Å². The largest absolute Gasteiger partial charge is 0.480 e. The molecule has 1 amide bonds. The molecule has 1 saturated heterocycles. The van der Waals surface area contributed by atoms with Gasteiger partial charge in [-0.05, 0) is 6.42 Å². The third kappa shape index (κ3) is 1.85. The summed E-state index contributed by atoms with van der Waals surface area (Å²) in [4.78, 5) is 22.9. The zero-order valence-corrected chi connectivity index (χ0v) is 7.75. The van der Waals surface area contributed by atoms with Crippen molar-refractivity contribution in [3.8, 4) is 0 Å². The van der Waals surface area contributed by atoms with E-state index in [0.717, 1.165) is 4.90 Å². The third-order valence-corrected chi connectivity index (χ3v) is 2.38. The second kappa shape index (κ2) is 3.93. The number of carbonyl (C=O) groups is 2. The van der Waals surface area contributed by atoms with Crippen LogP contribution in [0.2, 0.25) is 0 Å². The number of aliphatic hydroxyl groups is 2. The standard InChI is InChI=1S/C8H13NO5/c1-4(10)9-3-2-5(11)7(12)6(9)8(13)14/h5-7,11-12H,2-3H2,1H3,(H,13,14)/t5-,6?,7-/m1/s1. The highest BCUT2D eigenvalue weighted by Crippen LogP contribution is 2.18. The number of hydrogen-bond donors (Lipinski definition) is 3. The van der Waals surface area contributed by atoms with Crippen LogP contribution in [0.1, 0.15) is 13.3 Å². The lowest BCUT2D eigenvalue weighted by molar-refractivity contribution is -0.164. The lowest BCUT2D eigenvalue weighted by Gasteiger charge is -2.38. The Morgan fingerprint density at radius 3 is 2.36 bits per heavy atom. The molecule has 1 aliphatic heterocycles. The molecule has 0 spiro atoms. The maximum atomic E-state index is 11.0. The summed E-state index contributed by atoms with van der Waals surface area (Å²) in [5, 5.41) is 27.4. The molecule has 14 heavy (non-hydrogen) atoms. The number of carbonyl (C=O) groups excluding carboxylic acids is 1. The summed E-state index contributed by atoms with van der Waals surface area (Å²) in [6, 6.07) is -1.34. The van der Waals surface area contributed by atoms with Gasteiger partial charge in [0.15, 0.2) is 6.04 Å². The van der Waals surface area contributed by atoms with E-state index in [1.165, 1.54) is 6.92 Å². The maximum Gasteiger partial charge on any atom is 0.329 e.